The molecule has 0 aliphatic heterocycles. The molecule has 0 amide bonds. The molecule has 0 bridgehead atoms. The number of hydrogen-bond acceptors (Lipinski definition) is 2. The van der Waals surface area contributed by atoms with E-state index < -0.39 is 5.60 Å². The first kappa shape index (κ1) is 9.26. The predicted molar refractivity (Wildman–Crippen MR) is 55.3 cm³/mol. The van der Waals surface area contributed by atoms with Crippen molar-refractivity contribution in [2.45, 2.75) is 24.5 Å². The van der Waals surface area contributed by atoms with Crippen LogP contribution in [0.3, 0.4) is 0 Å². The zero-order valence-corrected chi connectivity index (χ0v) is 7.90. The molecular weight excluding hydrogens is 174 g/mol. The first-order valence-electron chi connectivity index (χ1n) is 4.68. The van der Waals surface area contributed by atoms with Crippen molar-refractivity contribution in [2.75, 3.05) is 0 Å². The summed E-state index contributed by atoms with van der Waals surface area (Å²) in [6.45, 7) is 0. The minimum absolute atomic E-state index is 0.0930. The van der Waals surface area contributed by atoms with E-state index in [4.69, 9.17) is 12.2 Å². The normalized spacial score (nSPS) is 29.6. The van der Waals surface area contributed by atoms with Gasteiger partial charge < -0.3 is 10.8 Å². The maximum Gasteiger partial charge on any atom is 0.103 e. The molecule has 0 spiro atoms. The molecule has 3 N–H and O–H groups in total. The van der Waals surface area contributed by atoms with Gasteiger partial charge in [0.05, 0.1) is 0 Å². The molecule has 1 aromatic carbocycles. The number of terminal acetylenes is 1. The van der Waals surface area contributed by atoms with Crippen LogP contribution in [0.2, 0.25) is 0 Å². The molecule has 2 rings (SSSR count). The molecule has 2 heteroatoms. The molecule has 2 nitrogen and oxygen atoms in total. The standard InChI is InChI=1S/C12H13NO/c1-2-7-12(14)8-11(13)9-5-3-4-6-10(9)12/h1,3-6,11,14H,7-8,13H2. The van der Waals surface area contributed by atoms with Crippen molar-refractivity contribution >= 4 is 0 Å². The van der Waals surface area contributed by atoms with Crippen molar-refractivity contribution in [3.8, 4) is 12.3 Å². The smallest absolute Gasteiger partial charge is 0.103 e. The minimum Gasteiger partial charge on any atom is -0.384 e. The average Bonchev–Trinajstić information content (AvgIpc) is 2.41. The number of benzene rings is 1. The Morgan fingerprint density at radius 2 is 2.29 bits per heavy atom. The summed E-state index contributed by atoms with van der Waals surface area (Å²) < 4.78 is 0. The van der Waals surface area contributed by atoms with Crippen LogP contribution in [0.5, 0.6) is 0 Å². The fraction of sp³-hybridized carbons (Fsp3) is 0.333. The lowest BCUT2D eigenvalue weighted by Gasteiger charge is -2.20. The van der Waals surface area contributed by atoms with E-state index in [1.165, 1.54) is 0 Å². The van der Waals surface area contributed by atoms with E-state index in [9.17, 15) is 5.11 Å². The highest BCUT2D eigenvalue weighted by Gasteiger charge is 2.39. The Bertz CT molecular complexity index is 394. The minimum atomic E-state index is -0.912. The van der Waals surface area contributed by atoms with Crippen molar-refractivity contribution in [1.82, 2.24) is 0 Å². The van der Waals surface area contributed by atoms with Crippen LogP contribution in [-0.4, -0.2) is 5.11 Å². The molecule has 72 valence electrons. The molecule has 0 saturated heterocycles. The summed E-state index contributed by atoms with van der Waals surface area (Å²) in [4.78, 5) is 0. The zero-order chi connectivity index (χ0) is 10.2. The van der Waals surface area contributed by atoms with E-state index >= 15 is 0 Å². The number of fused-ring (bicyclic) bond motifs is 1. The Balaban J connectivity index is 2.49. The second-order valence-electron chi connectivity index (χ2n) is 3.81. The van der Waals surface area contributed by atoms with Crippen molar-refractivity contribution in [3.05, 3.63) is 35.4 Å². The molecule has 2 atom stereocenters. The first-order chi connectivity index (χ1) is 6.67. The number of nitrogens with two attached hydrogens (primary N) is 1. The second kappa shape index (κ2) is 3.13. The van der Waals surface area contributed by atoms with Crippen LogP contribution in [0, 0.1) is 12.3 Å². The Morgan fingerprint density at radius 1 is 1.57 bits per heavy atom. The van der Waals surface area contributed by atoms with Crippen molar-refractivity contribution in [3.63, 3.8) is 0 Å². The Morgan fingerprint density at radius 3 is 3.00 bits per heavy atom. The summed E-state index contributed by atoms with van der Waals surface area (Å²) in [6.07, 6.45) is 6.10. The number of hydrogen-bond donors (Lipinski definition) is 2. The first-order valence-corrected chi connectivity index (χ1v) is 4.68. The van der Waals surface area contributed by atoms with Gasteiger partial charge in [-0.1, -0.05) is 24.3 Å². The molecule has 1 aliphatic rings. The highest BCUT2D eigenvalue weighted by molar-refractivity contribution is 5.40. The molecule has 0 saturated carbocycles. The van der Waals surface area contributed by atoms with Gasteiger partial charge in [-0.15, -0.1) is 12.3 Å². The fourth-order valence-corrected chi connectivity index (χ4v) is 2.16. The topological polar surface area (TPSA) is 46.2 Å². The van der Waals surface area contributed by atoms with Gasteiger partial charge in [-0.2, -0.15) is 0 Å². The van der Waals surface area contributed by atoms with E-state index in [-0.39, 0.29) is 6.04 Å². The van der Waals surface area contributed by atoms with Gasteiger partial charge >= 0.3 is 0 Å². The predicted octanol–water partition coefficient (Wildman–Crippen LogP) is 1.30. The van der Waals surface area contributed by atoms with Crippen LogP contribution >= 0.6 is 0 Å². The van der Waals surface area contributed by atoms with Gasteiger partial charge in [0.2, 0.25) is 0 Å². The van der Waals surface area contributed by atoms with Crippen LogP contribution in [0.1, 0.15) is 30.0 Å². The van der Waals surface area contributed by atoms with E-state index in [2.05, 4.69) is 5.92 Å². The molecule has 1 aliphatic carbocycles. The lowest BCUT2D eigenvalue weighted by molar-refractivity contribution is 0.0393. The molecule has 0 radical (unpaired) electrons. The summed E-state index contributed by atoms with van der Waals surface area (Å²) in [6, 6.07) is 7.59. The van der Waals surface area contributed by atoms with Crippen molar-refractivity contribution in [2.24, 2.45) is 5.73 Å². The molecule has 14 heavy (non-hydrogen) atoms. The SMILES string of the molecule is C#CCC1(O)CC(N)c2ccccc21. The Labute approximate surface area is 83.7 Å². The molecule has 0 aromatic heterocycles. The van der Waals surface area contributed by atoms with E-state index in [0.29, 0.717) is 12.8 Å². The van der Waals surface area contributed by atoms with Gasteiger partial charge in [-0.05, 0) is 11.1 Å². The molecule has 0 fully saturated rings. The van der Waals surface area contributed by atoms with Crippen molar-refractivity contribution in [1.29, 1.82) is 0 Å². The fourth-order valence-electron chi connectivity index (χ4n) is 2.16. The van der Waals surface area contributed by atoms with Crippen LogP contribution in [0.15, 0.2) is 24.3 Å². The largest absolute Gasteiger partial charge is 0.384 e. The summed E-state index contributed by atoms with van der Waals surface area (Å²) in [5.41, 5.74) is 6.92. The third kappa shape index (κ3) is 1.22. The van der Waals surface area contributed by atoms with Gasteiger partial charge in [0.15, 0.2) is 0 Å². The van der Waals surface area contributed by atoms with Crippen LogP contribution < -0.4 is 5.73 Å². The van der Waals surface area contributed by atoms with Crippen LogP contribution in [-0.2, 0) is 5.60 Å². The van der Waals surface area contributed by atoms with Crippen LogP contribution in [0.4, 0.5) is 0 Å². The van der Waals surface area contributed by atoms with Crippen LogP contribution in [0.25, 0.3) is 0 Å². The van der Waals surface area contributed by atoms with Gasteiger partial charge in [0, 0.05) is 18.9 Å². The van der Waals surface area contributed by atoms with Crippen molar-refractivity contribution < 1.29 is 5.11 Å². The van der Waals surface area contributed by atoms with E-state index in [1.807, 2.05) is 24.3 Å². The molecule has 2 unspecified atom stereocenters. The third-order valence-corrected chi connectivity index (χ3v) is 2.81. The number of rotatable bonds is 1. The average molecular weight is 187 g/mol. The second-order valence-corrected chi connectivity index (χ2v) is 3.81. The molecular formula is C12H13NO. The van der Waals surface area contributed by atoms with Gasteiger partial charge in [0.1, 0.15) is 5.60 Å². The highest BCUT2D eigenvalue weighted by atomic mass is 16.3. The quantitative estimate of drug-likeness (QED) is 0.651. The number of aliphatic hydroxyl groups is 1. The summed E-state index contributed by atoms with van der Waals surface area (Å²) in [5, 5.41) is 10.3. The maximum atomic E-state index is 10.3. The molecule has 1 aromatic rings. The van der Waals surface area contributed by atoms with Gasteiger partial charge in [0.25, 0.3) is 0 Å². The summed E-state index contributed by atoms with van der Waals surface area (Å²) in [7, 11) is 0. The Hall–Kier alpha value is -1.30. The highest BCUT2D eigenvalue weighted by Crippen LogP contribution is 2.43. The van der Waals surface area contributed by atoms with Gasteiger partial charge in [-0.3, -0.25) is 0 Å². The lowest BCUT2D eigenvalue weighted by Crippen LogP contribution is -2.22. The molecule has 0 heterocycles. The monoisotopic (exact) mass is 187 g/mol. The summed E-state index contributed by atoms with van der Waals surface area (Å²) in [5.74, 6) is 2.51. The zero-order valence-electron chi connectivity index (χ0n) is 7.90. The summed E-state index contributed by atoms with van der Waals surface area (Å²) >= 11 is 0. The van der Waals surface area contributed by atoms with E-state index in [1.54, 1.807) is 0 Å². The lowest BCUT2D eigenvalue weighted by atomic mass is 9.93. The van der Waals surface area contributed by atoms with Gasteiger partial charge in [-0.25, -0.2) is 0 Å². The maximum absolute atomic E-state index is 10.3. The Kier molecular flexibility index (Phi) is 2.07. The third-order valence-electron chi connectivity index (χ3n) is 2.81. The van der Waals surface area contributed by atoms with E-state index in [0.717, 1.165) is 11.1 Å².